The topological polar surface area (TPSA) is 67.6 Å². The molecule has 2 aromatic rings. The van der Waals surface area contributed by atoms with E-state index in [2.05, 4.69) is 4.98 Å². The summed E-state index contributed by atoms with van der Waals surface area (Å²) >= 11 is 0. The molecule has 0 saturated carbocycles. The fourth-order valence-electron chi connectivity index (χ4n) is 2.62. The van der Waals surface area contributed by atoms with E-state index in [1.165, 1.54) is 0 Å². The van der Waals surface area contributed by atoms with E-state index in [1.807, 2.05) is 56.5 Å². The molecular formula is C16H19N3O3. The van der Waals surface area contributed by atoms with Crippen LogP contribution in [0.15, 0.2) is 30.6 Å². The Labute approximate surface area is 128 Å². The highest BCUT2D eigenvalue weighted by molar-refractivity contribution is 5.90. The number of esters is 1. The molecule has 1 aliphatic rings. The van der Waals surface area contributed by atoms with Crippen LogP contribution in [0.5, 0.6) is 0 Å². The van der Waals surface area contributed by atoms with Crippen LogP contribution in [-0.4, -0.2) is 26.3 Å². The van der Waals surface area contributed by atoms with Gasteiger partial charge in [-0.15, -0.1) is 0 Å². The fraction of sp³-hybridized carbons (Fsp3) is 0.375. The van der Waals surface area contributed by atoms with Crippen molar-refractivity contribution in [3.05, 3.63) is 42.0 Å². The average Bonchev–Trinajstić information content (AvgIpc) is 2.88. The predicted molar refractivity (Wildman–Crippen MR) is 81.4 cm³/mol. The van der Waals surface area contributed by atoms with Crippen LogP contribution in [0.4, 0.5) is 5.69 Å². The number of benzene rings is 1. The number of carbonyl (C=O) groups excluding carboxylic acids is 1. The van der Waals surface area contributed by atoms with E-state index in [0.29, 0.717) is 11.4 Å². The lowest BCUT2D eigenvalue weighted by atomic mass is 10.1. The number of ether oxygens (including phenoxy) is 1. The molecule has 1 aromatic heterocycles. The molecule has 1 N–H and O–H groups in total. The summed E-state index contributed by atoms with van der Waals surface area (Å²) in [6, 6.07) is 7.02. The second-order valence-electron chi connectivity index (χ2n) is 6.36. The second-order valence-corrected chi connectivity index (χ2v) is 6.36. The molecule has 0 fully saturated rings. The summed E-state index contributed by atoms with van der Waals surface area (Å²) in [6.07, 6.45) is 1.59. The molecule has 6 heteroatoms. The van der Waals surface area contributed by atoms with Crippen molar-refractivity contribution in [3.63, 3.8) is 0 Å². The van der Waals surface area contributed by atoms with Gasteiger partial charge in [0.05, 0.1) is 23.1 Å². The number of aromatic nitrogens is 2. The van der Waals surface area contributed by atoms with Crippen molar-refractivity contribution in [1.82, 2.24) is 9.55 Å². The first-order chi connectivity index (χ1) is 10.3. The van der Waals surface area contributed by atoms with E-state index in [1.54, 1.807) is 6.33 Å². The van der Waals surface area contributed by atoms with Crippen molar-refractivity contribution in [2.75, 3.05) is 5.06 Å². The fourth-order valence-corrected chi connectivity index (χ4v) is 2.62. The molecule has 1 atom stereocenters. The van der Waals surface area contributed by atoms with E-state index in [4.69, 9.17) is 4.74 Å². The summed E-state index contributed by atoms with van der Waals surface area (Å²) in [5, 5.41) is 11.5. The quantitative estimate of drug-likeness (QED) is 0.820. The molecule has 1 aliphatic heterocycles. The third kappa shape index (κ3) is 2.25. The van der Waals surface area contributed by atoms with Crippen molar-refractivity contribution in [1.29, 1.82) is 0 Å². The molecule has 6 nitrogen and oxygen atoms in total. The number of anilines is 1. The van der Waals surface area contributed by atoms with Crippen LogP contribution < -0.4 is 5.06 Å². The summed E-state index contributed by atoms with van der Waals surface area (Å²) in [6.45, 7) is 7.25. The number of rotatable bonds is 1. The Hall–Kier alpha value is -2.34. The van der Waals surface area contributed by atoms with Crippen molar-refractivity contribution < 1.29 is 14.7 Å². The number of hydrogen-bond acceptors (Lipinski definition) is 5. The van der Waals surface area contributed by atoms with Gasteiger partial charge in [0.2, 0.25) is 0 Å². The first kappa shape index (κ1) is 14.6. The highest BCUT2D eigenvalue weighted by atomic mass is 16.6. The Bertz CT molecular complexity index is 730. The second kappa shape index (κ2) is 4.84. The van der Waals surface area contributed by atoms with Gasteiger partial charge >= 0.3 is 5.97 Å². The smallest absolute Gasteiger partial charge is 0.359 e. The summed E-state index contributed by atoms with van der Waals surface area (Å²) in [4.78, 5) is 16.6. The SMILES string of the molecule is CC1c2c(C(=O)OC(C)(C)C)ncn2-c2ccccc2N1O. The summed E-state index contributed by atoms with van der Waals surface area (Å²) in [7, 11) is 0. The van der Waals surface area contributed by atoms with E-state index >= 15 is 0 Å². The molecule has 116 valence electrons. The lowest BCUT2D eigenvalue weighted by Crippen LogP contribution is -2.32. The number of carbonyl (C=O) groups is 1. The zero-order valence-electron chi connectivity index (χ0n) is 13.1. The van der Waals surface area contributed by atoms with E-state index in [9.17, 15) is 10.0 Å². The normalized spacial score (nSPS) is 17.0. The molecule has 0 aliphatic carbocycles. The van der Waals surface area contributed by atoms with Crippen LogP contribution >= 0.6 is 0 Å². The molecule has 1 unspecified atom stereocenters. The van der Waals surface area contributed by atoms with Crippen LogP contribution in [0.1, 0.15) is 49.9 Å². The standard InChI is InChI=1S/C16H19N3O3/c1-10-14-13(15(20)22-16(2,3)4)17-9-18(14)11-7-5-6-8-12(11)19(10)21/h5-10,21H,1-4H3. The van der Waals surface area contributed by atoms with Gasteiger partial charge in [-0.2, -0.15) is 0 Å². The Kier molecular flexibility index (Phi) is 3.21. The molecular weight excluding hydrogens is 282 g/mol. The highest BCUT2D eigenvalue weighted by Gasteiger charge is 2.34. The highest BCUT2D eigenvalue weighted by Crippen LogP contribution is 2.38. The van der Waals surface area contributed by atoms with E-state index in [-0.39, 0.29) is 5.69 Å². The third-order valence-corrected chi connectivity index (χ3v) is 3.55. The van der Waals surface area contributed by atoms with Gasteiger partial charge < -0.3 is 4.74 Å². The summed E-state index contributed by atoms with van der Waals surface area (Å²) < 4.78 is 7.23. The number of nitrogens with zero attached hydrogens (tertiary/aromatic N) is 3. The van der Waals surface area contributed by atoms with Crippen LogP contribution in [0.25, 0.3) is 5.69 Å². The van der Waals surface area contributed by atoms with Gasteiger partial charge in [0.1, 0.15) is 11.9 Å². The summed E-state index contributed by atoms with van der Waals surface area (Å²) in [5.41, 5.74) is 1.71. The van der Waals surface area contributed by atoms with Crippen molar-refractivity contribution in [3.8, 4) is 5.69 Å². The minimum absolute atomic E-state index is 0.232. The van der Waals surface area contributed by atoms with Crippen LogP contribution in [0.2, 0.25) is 0 Å². The Balaban J connectivity index is 2.11. The first-order valence-corrected chi connectivity index (χ1v) is 7.17. The van der Waals surface area contributed by atoms with E-state index in [0.717, 1.165) is 10.8 Å². The number of fused-ring (bicyclic) bond motifs is 3. The largest absolute Gasteiger partial charge is 0.455 e. The molecule has 0 bridgehead atoms. The zero-order chi connectivity index (χ0) is 16.1. The Morgan fingerprint density at radius 1 is 1.27 bits per heavy atom. The van der Waals surface area contributed by atoms with Crippen molar-refractivity contribution >= 4 is 11.7 Å². The van der Waals surface area contributed by atoms with Crippen LogP contribution in [-0.2, 0) is 4.74 Å². The third-order valence-electron chi connectivity index (χ3n) is 3.55. The van der Waals surface area contributed by atoms with Gasteiger partial charge in [-0.1, -0.05) is 12.1 Å². The zero-order valence-corrected chi connectivity index (χ0v) is 13.1. The molecule has 3 rings (SSSR count). The van der Waals surface area contributed by atoms with Gasteiger partial charge in [0.15, 0.2) is 5.69 Å². The molecule has 0 saturated heterocycles. The van der Waals surface area contributed by atoms with Gasteiger partial charge in [0.25, 0.3) is 0 Å². The molecule has 22 heavy (non-hydrogen) atoms. The molecule has 0 spiro atoms. The molecule has 0 radical (unpaired) electrons. The Morgan fingerprint density at radius 3 is 2.55 bits per heavy atom. The first-order valence-electron chi connectivity index (χ1n) is 7.17. The minimum Gasteiger partial charge on any atom is -0.455 e. The molecule has 0 amide bonds. The Morgan fingerprint density at radius 2 is 1.91 bits per heavy atom. The van der Waals surface area contributed by atoms with Gasteiger partial charge in [-0.05, 0) is 39.8 Å². The number of para-hydroxylation sites is 2. The van der Waals surface area contributed by atoms with Gasteiger partial charge in [-0.25, -0.2) is 14.8 Å². The predicted octanol–water partition coefficient (Wildman–Crippen LogP) is 3.10. The van der Waals surface area contributed by atoms with Gasteiger partial charge in [0, 0.05) is 0 Å². The lowest BCUT2D eigenvalue weighted by molar-refractivity contribution is 0.00610. The van der Waals surface area contributed by atoms with Gasteiger partial charge in [-0.3, -0.25) is 9.77 Å². The monoisotopic (exact) mass is 301 g/mol. The number of imidazole rings is 1. The summed E-state index contributed by atoms with van der Waals surface area (Å²) in [5.74, 6) is -0.485. The van der Waals surface area contributed by atoms with Crippen LogP contribution in [0.3, 0.4) is 0 Å². The lowest BCUT2D eigenvalue weighted by Gasteiger charge is -2.33. The van der Waals surface area contributed by atoms with Crippen molar-refractivity contribution in [2.45, 2.75) is 39.3 Å². The number of hydrogen-bond donors (Lipinski definition) is 1. The maximum Gasteiger partial charge on any atom is 0.359 e. The average molecular weight is 301 g/mol. The van der Waals surface area contributed by atoms with E-state index < -0.39 is 17.6 Å². The molecule has 2 heterocycles. The minimum atomic E-state index is -0.595. The maximum atomic E-state index is 12.4. The maximum absolute atomic E-state index is 12.4. The number of hydroxylamine groups is 1. The molecule has 1 aromatic carbocycles. The van der Waals surface area contributed by atoms with Crippen LogP contribution in [0, 0.1) is 0 Å². The van der Waals surface area contributed by atoms with Crippen molar-refractivity contribution in [2.24, 2.45) is 0 Å².